The number of nitrogens with one attached hydrogen (secondary N) is 1. The smallest absolute Gasteiger partial charge is 0.337 e. The van der Waals surface area contributed by atoms with E-state index in [1.807, 2.05) is 0 Å². The van der Waals surface area contributed by atoms with E-state index in [9.17, 15) is 9.59 Å². The molecule has 4 nitrogen and oxygen atoms in total. The van der Waals surface area contributed by atoms with Crippen LogP contribution in [0.15, 0.2) is 42.5 Å². The Bertz CT molecular complexity index is 819. The van der Waals surface area contributed by atoms with Gasteiger partial charge in [-0.3, -0.25) is 4.79 Å². The Kier molecular flexibility index (Phi) is 6.26. The molecule has 0 atom stereocenters. The van der Waals surface area contributed by atoms with Crippen molar-refractivity contribution in [2.24, 2.45) is 0 Å². The molecule has 124 valence electrons. The van der Waals surface area contributed by atoms with Crippen LogP contribution in [0, 0.1) is 0 Å². The lowest BCUT2D eigenvalue weighted by Crippen LogP contribution is -2.09. The maximum absolute atomic E-state index is 12.0. The topological polar surface area (TPSA) is 55.4 Å². The molecule has 2 aromatic rings. The number of hydrogen-bond acceptors (Lipinski definition) is 3. The van der Waals surface area contributed by atoms with Gasteiger partial charge in [0.1, 0.15) is 0 Å². The molecule has 2 rings (SSSR count). The molecule has 0 aliphatic rings. The van der Waals surface area contributed by atoms with E-state index < -0.39 is 11.9 Å². The van der Waals surface area contributed by atoms with E-state index in [-0.39, 0.29) is 5.56 Å². The number of methoxy groups -OCH3 is 1. The summed E-state index contributed by atoms with van der Waals surface area (Å²) in [4.78, 5) is 23.5. The Morgan fingerprint density at radius 1 is 1.00 bits per heavy atom. The fourth-order valence-corrected chi connectivity index (χ4v) is 2.30. The van der Waals surface area contributed by atoms with Crippen LogP contribution in [-0.4, -0.2) is 19.0 Å². The summed E-state index contributed by atoms with van der Waals surface area (Å²) in [6.45, 7) is 0. The fraction of sp³-hybridized carbons (Fsp3) is 0.0588. The summed E-state index contributed by atoms with van der Waals surface area (Å²) in [5.74, 6) is -0.932. The quantitative estimate of drug-likeness (QED) is 0.590. The van der Waals surface area contributed by atoms with Crippen LogP contribution < -0.4 is 5.32 Å². The van der Waals surface area contributed by atoms with Crippen molar-refractivity contribution in [3.8, 4) is 0 Å². The van der Waals surface area contributed by atoms with E-state index in [4.69, 9.17) is 34.8 Å². The molecule has 2 aromatic carbocycles. The molecule has 0 aliphatic carbocycles. The van der Waals surface area contributed by atoms with Crippen LogP contribution in [-0.2, 0) is 9.53 Å². The highest BCUT2D eigenvalue weighted by molar-refractivity contribution is 6.42. The van der Waals surface area contributed by atoms with Gasteiger partial charge in [-0.1, -0.05) is 40.9 Å². The Hall–Kier alpha value is -2.01. The number of rotatable bonds is 4. The average Bonchev–Trinajstić information content (AvgIpc) is 2.57. The molecular weight excluding hydrogens is 373 g/mol. The predicted molar refractivity (Wildman–Crippen MR) is 96.9 cm³/mol. The largest absolute Gasteiger partial charge is 0.465 e. The molecule has 1 amide bonds. The van der Waals surface area contributed by atoms with Gasteiger partial charge < -0.3 is 10.1 Å². The summed E-state index contributed by atoms with van der Waals surface area (Å²) in [6, 6.07) is 9.46. The summed E-state index contributed by atoms with van der Waals surface area (Å²) < 4.78 is 4.63. The molecule has 0 saturated carbocycles. The average molecular weight is 385 g/mol. The summed E-state index contributed by atoms with van der Waals surface area (Å²) >= 11 is 17.8. The second kappa shape index (κ2) is 8.20. The summed E-state index contributed by atoms with van der Waals surface area (Å²) in [7, 11) is 1.27. The second-order valence-corrected chi connectivity index (χ2v) is 5.90. The Balaban J connectivity index is 2.13. The molecule has 0 saturated heterocycles. The Labute approximate surface area is 154 Å². The van der Waals surface area contributed by atoms with E-state index >= 15 is 0 Å². The van der Waals surface area contributed by atoms with E-state index in [1.165, 1.54) is 31.4 Å². The van der Waals surface area contributed by atoms with E-state index in [1.54, 1.807) is 24.3 Å². The lowest BCUT2D eigenvalue weighted by atomic mass is 10.2. The molecule has 1 N–H and O–H groups in total. The number of amides is 1. The zero-order chi connectivity index (χ0) is 17.7. The molecule has 0 spiro atoms. The highest BCUT2D eigenvalue weighted by Crippen LogP contribution is 2.24. The third-order valence-corrected chi connectivity index (χ3v) is 4.08. The van der Waals surface area contributed by atoms with Gasteiger partial charge in [0.25, 0.3) is 0 Å². The van der Waals surface area contributed by atoms with Gasteiger partial charge in [-0.15, -0.1) is 0 Å². The number of halogens is 3. The van der Waals surface area contributed by atoms with Crippen LogP contribution >= 0.6 is 34.8 Å². The van der Waals surface area contributed by atoms with Crippen molar-refractivity contribution in [1.29, 1.82) is 0 Å². The van der Waals surface area contributed by atoms with Gasteiger partial charge >= 0.3 is 5.97 Å². The first-order chi connectivity index (χ1) is 11.4. The number of benzene rings is 2. The standard InChI is InChI=1S/C17H12Cl3NO3/c1-24-17(23)11-4-6-13(19)15(9-11)21-16(22)7-3-10-2-5-12(18)14(20)8-10/h2-9H,1H3,(H,21,22)/b7-3+. The molecule has 24 heavy (non-hydrogen) atoms. The highest BCUT2D eigenvalue weighted by Gasteiger charge is 2.10. The summed E-state index contributed by atoms with van der Waals surface area (Å²) in [5, 5.41) is 3.74. The fourth-order valence-electron chi connectivity index (χ4n) is 1.83. The van der Waals surface area contributed by atoms with Crippen LogP contribution in [0.3, 0.4) is 0 Å². The van der Waals surface area contributed by atoms with Gasteiger partial charge in [0.2, 0.25) is 5.91 Å². The highest BCUT2D eigenvalue weighted by atomic mass is 35.5. The molecular formula is C17H12Cl3NO3. The lowest BCUT2D eigenvalue weighted by Gasteiger charge is -2.07. The van der Waals surface area contributed by atoms with Crippen LogP contribution in [0.4, 0.5) is 5.69 Å². The van der Waals surface area contributed by atoms with Gasteiger partial charge in [-0.25, -0.2) is 4.79 Å². The molecule has 0 bridgehead atoms. The maximum Gasteiger partial charge on any atom is 0.337 e. The number of carbonyl (C=O) groups excluding carboxylic acids is 2. The maximum atomic E-state index is 12.0. The van der Waals surface area contributed by atoms with E-state index in [0.717, 1.165) is 0 Å². The minimum Gasteiger partial charge on any atom is -0.465 e. The normalized spacial score (nSPS) is 10.7. The number of anilines is 1. The van der Waals surface area contributed by atoms with Gasteiger partial charge in [0.05, 0.1) is 33.4 Å². The molecule has 7 heteroatoms. The first kappa shape index (κ1) is 18.3. The first-order valence-corrected chi connectivity index (χ1v) is 7.86. The zero-order valence-corrected chi connectivity index (χ0v) is 14.7. The zero-order valence-electron chi connectivity index (χ0n) is 12.5. The minimum absolute atomic E-state index is 0.283. The molecule has 0 heterocycles. The van der Waals surface area contributed by atoms with E-state index in [0.29, 0.717) is 26.3 Å². The van der Waals surface area contributed by atoms with Crippen molar-refractivity contribution in [2.75, 3.05) is 12.4 Å². The molecule has 0 radical (unpaired) electrons. The summed E-state index contributed by atoms with van der Waals surface area (Å²) in [5.41, 5.74) is 1.31. The van der Waals surface area contributed by atoms with Crippen LogP contribution in [0.2, 0.25) is 15.1 Å². The molecule has 0 fully saturated rings. The van der Waals surface area contributed by atoms with Gasteiger partial charge in [0, 0.05) is 6.08 Å². The van der Waals surface area contributed by atoms with Crippen LogP contribution in [0.25, 0.3) is 6.08 Å². The van der Waals surface area contributed by atoms with Crippen molar-refractivity contribution in [2.45, 2.75) is 0 Å². The molecule has 0 aliphatic heterocycles. The number of hydrogen-bond donors (Lipinski definition) is 1. The Morgan fingerprint density at radius 3 is 2.38 bits per heavy atom. The van der Waals surface area contributed by atoms with Gasteiger partial charge in [0.15, 0.2) is 0 Å². The third-order valence-electron chi connectivity index (χ3n) is 3.02. The number of carbonyl (C=O) groups is 2. The summed E-state index contributed by atoms with van der Waals surface area (Å²) in [6.07, 6.45) is 2.90. The Morgan fingerprint density at radius 2 is 1.71 bits per heavy atom. The van der Waals surface area contributed by atoms with Crippen molar-refractivity contribution in [3.05, 3.63) is 68.7 Å². The van der Waals surface area contributed by atoms with Crippen LogP contribution in [0.1, 0.15) is 15.9 Å². The monoisotopic (exact) mass is 383 g/mol. The van der Waals surface area contributed by atoms with Crippen molar-refractivity contribution >= 4 is 58.4 Å². The van der Waals surface area contributed by atoms with Crippen LogP contribution in [0.5, 0.6) is 0 Å². The minimum atomic E-state index is -0.520. The first-order valence-electron chi connectivity index (χ1n) is 6.72. The number of ether oxygens (including phenoxy) is 1. The van der Waals surface area contributed by atoms with Crippen molar-refractivity contribution < 1.29 is 14.3 Å². The predicted octanol–water partition coefficient (Wildman–Crippen LogP) is 5.09. The molecule has 0 unspecified atom stereocenters. The number of esters is 1. The molecule has 0 aromatic heterocycles. The third kappa shape index (κ3) is 4.74. The van der Waals surface area contributed by atoms with Gasteiger partial charge in [-0.2, -0.15) is 0 Å². The van der Waals surface area contributed by atoms with Crippen molar-refractivity contribution in [3.63, 3.8) is 0 Å². The van der Waals surface area contributed by atoms with Gasteiger partial charge in [-0.05, 0) is 42.0 Å². The van der Waals surface area contributed by atoms with E-state index in [2.05, 4.69) is 10.1 Å². The lowest BCUT2D eigenvalue weighted by molar-refractivity contribution is -0.111. The SMILES string of the molecule is COC(=O)c1ccc(Cl)c(NC(=O)/C=C/c2ccc(Cl)c(Cl)c2)c1. The second-order valence-electron chi connectivity index (χ2n) is 4.68. The van der Waals surface area contributed by atoms with Crippen molar-refractivity contribution in [1.82, 2.24) is 0 Å².